The van der Waals surface area contributed by atoms with E-state index in [4.69, 9.17) is 15.9 Å². The van der Waals surface area contributed by atoms with Crippen LogP contribution in [-0.4, -0.2) is 41.2 Å². The van der Waals surface area contributed by atoms with Gasteiger partial charge in [-0.25, -0.2) is 0 Å². The van der Waals surface area contributed by atoms with E-state index >= 15 is 0 Å². The van der Waals surface area contributed by atoms with Crippen LogP contribution in [0.25, 0.3) is 11.1 Å². The average molecular weight is 448 g/mol. The minimum atomic E-state index is -4.36. The van der Waals surface area contributed by atoms with Crippen LogP contribution >= 0.6 is 0 Å². The molecule has 1 fully saturated rings. The van der Waals surface area contributed by atoms with Crippen molar-refractivity contribution in [2.24, 2.45) is 11.7 Å². The number of aromatic nitrogens is 2. The van der Waals surface area contributed by atoms with Crippen molar-refractivity contribution in [2.75, 3.05) is 29.0 Å². The standard InChI is InChI=1S/C21H23F3N6O2/c1-2-11-5-16-18(28-7-11)17(19(26)32-16)20(31)29-14-8-27-4-3-15(14)30-9-12(21(22,23)24)6-13(25)10-30/h3-5,7-8,12-13H,2,6,9-10,25-26H2,1H3,(H,29,31)/t12-,13+/m1/s1. The van der Waals surface area contributed by atoms with Gasteiger partial charge in [-0.2, -0.15) is 13.2 Å². The monoisotopic (exact) mass is 448 g/mol. The summed E-state index contributed by atoms with van der Waals surface area (Å²) in [5.41, 5.74) is 14.1. The quantitative estimate of drug-likeness (QED) is 0.559. The molecule has 1 saturated heterocycles. The van der Waals surface area contributed by atoms with Crippen molar-refractivity contribution in [2.45, 2.75) is 32.0 Å². The van der Waals surface area contributed by atoms with Gasteiger partial charge in [0, 0.05) is 31.5 Å². The summed E-state index contributed by atoms with van der Waals surface area (Å²) in [4.78, 5) is 22.9. The first-order valence-electron chi connectivity index (χ1n) is 10.2. The number of carbonyl (C=O) groups is 1. The summed E-state index contributed by atoms with van der Waals surface area (Å²) in [5, 5.41) is 2.70. The van der Waals surface area contributed by atoms with E-state index in [0.29, 0.717) is 16.8 Å². The Bertz CT molecular complexity index is 1150. The molecule has 4 rings (SSSR count). The van der Waals surface area contributed by atoms with Gasteiger partial charge < -0.3 is 26.1 Å². The van der Waals surface area contributed by atoms with Gasteiger partial charge in [-0.3, -0.25) is 14.8 Å². The van der Waals surface area contributed by atoms with Crippen LogP contribution in [0.4, 0.5) is 30.4 Å². The fourth-order valence-corrected chi connectivity index (χ4v) is 3.97. The number of halogens is 3. The number of anilines is 3. The number of amides is 1. The number of hydrogen-bond acceptors (Lipinski definition) is 7. The molecule has 0 saturated carbocycles. The Labute approximate surface area is 181 Å². The Balaban J connectivity index is 1.63. The molecule has 0 unspecified atom stereocenters. The van der Waals surface area contributed by atoms with Crippen molar-refractivity contribution in [3.05, 3.63) is 41.9 Å². The summed E-state index contributed by atoms with van der Waals surface area (Å²) in [7, 11) is 0. The minimum Gasteiger partial charge on any atom is -0.438 e. The minimum absolute atomic E-state index is 0.0565. The highest BCUT2D eigenvalue weighted by Crippen LogP contribution is 2.37. The number of fused-ring (bicyclic) bond motifs is 1. The lowest BCUT2D eigenvalue weighted by Gasteiger charge is -2.39. The molecule has 1 amide bonds. The van der Waals surface area contributed by atoms with E-state index in [1.165, 1.54) is 17.3 Å². The van der Waals surface area contributed by atoms with Crippen molar-refractivity contribution in [3.63, 3.8) is 0 Å². The maximum absolute atomic E-state index is 13.4. The maximum atomic E-state index is 13.4. The molecule has 5 N–H and O–H groups in total. The van der Waals surface area contributed by atoms with Crippen molar-refractivity contribution in [3.8, 4) is 0 Å². The molecule has 8 nitrogen and oxygen atoms in total. The number of nitrogens with two attached hydrogens (primary N) is 2. The molecule has 32 heavy (non-hydrogen) atoms. The molecule has 0 aliphatic carbocycles. The first kappa shape index (κ1) is 21.9. The summed E-state index contributed by atoms with van der Waals surface area (Å²) in [5.74, 6) is -2.25. The number of aryl methyl sites for hydroxylation is 1. The number of rotatable bonds is 4. The molecule has 2 atom stereocenters. The molecule has 4 heterocycles. The number of carbonyl (C=O) groups excluding carboxylic acids is 1. The third-order valence-electron chi connectivity index (χ3n) is 5.58. The van der Waals surface area contributed by atoms with Gasteiger partial charge in [-0.1, -0.05) is 6.92 Å². The Kier molecular flexibility index (Phi) is 5.68. The summed E-state index contributed by atoms with van der Waals surface area (Å²) < 4.78 is 45.6. The first-order chi connectivity index (χ1) is 15.2. The second kappa shape index (κ2) is 8.30. The van der Waals surface area contributed by atoms with Gasteiger partial charge in [0.05, 0.1) is 23.5 Å². The molecular formula is C21H23F3N6O2. The topological polar surface area (TPSA) is 123 Å². The van der Waals surface area contributed by atoms with Crippen LogP contribution in [-0.2, 0) is 6.42 Å². The van der Waals surface area contributed by atoms with Gasteiger partial charge in [-0.05, 0) is 30.5 Å². The fourth-order valence-electron chi connectivity index (χ4n) is 3.97. The van der Waals surface area contributed by atoms with Gasteiger partial charge in [-0.15, -0.1) is 0 Å². The lowest BCUT2D eigenvalue weighted by molar-refractivity contribution is -0.177. The molecule has 1 aliphatic heterocycles. The molecule has 3 aromatic rings. The predicted molar refractivity (Wildman–Crippen MR) is 114 cm³/mol. The molecular weight excluding hydrogens is 425 g/mol. The molecule has 1 aliphatic rings. The van der Waals surface area contributed by atoms with Crippen LogP contribution in [0.1, 0.15) is 29.3 Å². The van der Waals surface area contributed by atoms with Gasteiger partial charge in [0.2, 0.25) is 5.88 Å². The van der Waals surface area contributed by atoms with Crippen LogP contribution in [0.15, 0.2) is 35.1 Å². The number of nitrogens with zero attached hydrogens (tertiary/aromatic N) is 3. The lowest BCUT2D eigenvalue weighted by Crippen LogP contribution is -2.51. The molecule has 3 aromatic heterocycles. The maximum Gasteiger partial charge on any atom is 0.393 e. The molecule has 0 radical (unpaired) electrons. The number of nitrogens with one attached hydrogen (secondary N) is 1. The van der Waals surface area contributed by atoms with E-state index in [0.717, 1.165) is 12.0 Å². The van der Waals surface area contributed by atoms with Crippen LogP contribution in [0.2, 0.25) is 0 Å². The lowest BCUT2D eigenvalue weighted by atomic mass is 9.93. The molecule has 11 heteroatoms. The summed E-state index contributed by atoms with van der Waals surface area (Å²) in [6.07, 6.45) is 0.687. The van der Waals surface area contributed by atoms with Crippen molar-refractivity contribution in [1.82, 2.24) is 9.97 Å². The SMILES string of the molecule is CCc1cnc2c(C(=O)Nc3cnccc3N3C[C@@H](N)C[C@@H](C(F)(F)F)C3)c(N)oc2c1. The summed E-state index contributed by atoms with van der Waals surface area (Å²) in [6.45, 7) is 1.92. The van der Waals surface area contributed by atoms with Crippen LogP contribution in [0.5, 0.6) is 0 Å². The zero-order valence-electron chi connectivity index (χ0n) is 17.3. The highest BCUT2D eigenvalue weighted by atomic mass is 19.4. The third-order valence-corrected chi connectivity index (χ3v) is 5.58. The average Bonchev–Trinajstić information content (AvgIpc) is 3.07. The van der Waals surface area contributed by atoms with E-state index in [9.17, 15) is 18.0 Å². The second-order valence-corrected chi connectivity index (χ2v) is 7.87. The van der Waals surface area contributed by atoms with Crippen molar-refractivity contribution in [1.29, 1.82) is 0 Å². The Morgan fingerprint density at radius 1 is 1.34 bits per heavy atom. The summed E-state index contributed by atoms with van der Waals surface area (Å²) in [6, 6.07) is 2.65. The van der Waals surface area contributed by atoms with Crippen LogP contribution in [0, 0.1) is 5.92 Å². The van der Waals surface area contributed by atoms with E-state index in [-0.39, 0.29) is 36.6 Å². The predicted octanol–water partition coefficient (Wildman–Crippen LogP) is 3.34. The number of nitrogen functional groups attached to an aromatic ring is 1. The third kappa shape index (κ3) is 4.20. The van der Waals surface area contributed by atoms with Crippen molar-refractivity contribution < 1.29 is 22.4 Å². The second-order valence-electron chi connectivity index (χ2n) is 7.87. The van der Waals surface area contributed by atoms with Gasteiger partial charge in [0.25, 0.3) is 5.91 Å². The Hall–Kier alpha value is -3.34. The first-order valence-corrected chi connectivity index (χ1v) is 10.2. The largest absolute Gasteiger partial charge is 0.438 e. The molecule has 0 spiro atoms. The van der Waals surface area contributed by atoms with Gasteiger partial charge in [0.1, 0.15) is 11.1 Å². The number of pyridine rings is 2. The molecule has 0 aromatic carbocycles. The van der Waals surface area contributed by atoms with Crippen LogP contribution in [0.3, 0.4) is 0 Å². The smallest absolute Gasteiger partial charge is 0.393 e. The highest BCUT2D eigenvalue weighted by Gasteiger charge is 2.44. The van der Waals surface area contributed by atoms with E-state index in [1.54, 1.807) is 18.3 Å². The van der Waals surface area contributed by atoms with Gasteiger partial charge in [0.15, 0.2) is 5.58 Å². The van der Waals surface area contributed by atoms with E-state index in [2.05, 4.69) is 15.3 Å². The molecule has 0 bridgehead atoms. The number of furan rings is 1. The zero-order valence-corrected chi connectivity index (χ0v) is 17.3. The highest BCUT2D eigenvalue weighted by molar-refractivity contribution is 6.15. The Morgan fingerprint density at radius 3 is 2.84 bits per heavy atom. The molecule has 170 valence electrons. The van der Waals surface area contributed by atoms with Gasteiger partial charge >= 0.3 is 6.18 Å². The number of alkyl halides is 3. The van der Waals surface area contributed by atoms with E-state index < -0.39 is 24.0 Å². The summed E-state index contributed by atoms with van der Waals surface area (Å²) >= 11 is 0. The Morgan fingerprint density at radius 2 is 2.12 bits per heavy atom. The van der Waals surface area contributed by atoms with Crippen molar-refractivity contribution >= 4 is 34.3 Å². The normalized spacial score (nSPS) is 19.3. The van der Waals surface area contributed by atoms with E-state index in [1.807, 2.05) is 6.92 Å². The fraction of sp³-hybridized carbons (Fsp3) is 0.381. The van der Waals surface area contributed by atoms with Crippen LogP contribution < -0.4 is 21.7 Å². The zero-order chi connectivity index (χ0) is 23.0. The number of piperidine rings is 1. The number of hydrogen-bond donors (Lipinski definition) is 3.